The first kappa shape index (κ1) is 20.9. The van der Waals surface area contributed by atoms with Crippen molar-refractivity contribution in [2.45, 2.75) is 12.8 Å². The van der Waals surface area contributed by atoms with E-state index in [1.54, 1.807) is 0 Å². The molecule has 0 bridgehead atoms. The average Bonchev–Trinajstić information content (AvgIpc) is 2.38. The molecule has 0 aromatic carbocycles. The molecule has 20 heavy (non-hydrogen) atoms. The van der Waals surface area contributed by atoms with E-state index in [2.05, 4.69) is 10.6 Å². The fourth-order valence-corrected chi connectivity index (χ4v) is 3.28. The van der Waals surface area contributed by atoms with Gasteiger partial charge in [0.15, 0.2) is 0 Å². The number of piperidine rings is 2. The van der Waals surface area contributed by atoms with Gasteiger partial charge in [0.2, 0.25) is 0 Å². The molecule has 2 saturated heterocycles. The molecule has 2 aliphatic heterocycles. The van der Waals surface area contributed by atoms with Gasteiger partial charge in [0.25, 0.3) is 0 Å². The SMILES string of the molecule is O=C(O)C1CCNCC1C1CNCCC1C(=O)O.[NaH].[NaH]. The summed E-state index contributed by atoms with van der Waals surface area (Å²) in [7, 11) is 0. The van der Waals surface area contributed by atoms with Gasteiger partial charge in [0, 0.05) is 0 Å². The number of aliphatic carboxylic acids is 2. The number of rotatable bonds is 3. The molecule has 8 heteroatoms. The van der Waals surface area contributed by atoms with E-state index < -0.39 is 23.8 Å². The molecule has 4 unspecified atom stereocenters. The van der Waals surface area contributed by atoms with E-state index in [-0.39, 0.29) is 71.0 Å². The van der Waals surface area contributed by atoms with Crippen LogP contribution in [0.5, 0.6) is 0 Å². The molecule has 0 aromatic rings. The van der Waals surface area contributed by atoms with Crippen molar-refractivity contribution in [1.29, 1.82) is 0 Å². The van der Waals surface area contributed by atoms with Crippen LogP contribution in [0.3, 0.4) is 0 Å². The normalized spacial score (nSPS) is 33.4. The van der Waals surface area contributed by atoms with E-state index in [0.29, 0.717) is 39.0 Å². The van der Waals surface area contributed by atoms with Crippen LogP contribution in [-0.4, -0.2) is 107 Å². The van der Waals surface area contributed by atoms with E-state index >= 15 is 0 Å². The predicted octanol–water partition coefficient (Wildman–Crippen LogP) is -1.69. The molecule has 4 N–H and O–H groups in total. The molecule has 4 atom stereocenters. The average molecular weight is 304 g/mol. The monoisotopic (exact) mass is 304 g/mol. The Labute approximate surface area is 163 Å². The zero-order valence-corrected chi connectivity index (χ0v) is 10.3. The van der Waals surface area contributed by atoms with Gasteiger partial charge in [-0.1, -0.05) is 0 Å². The van der Waals surface area contributed by atoms with Gasteiger partial charge in [-0.3, -0.25) is 9.59 Å². The van der Waals surface area contributed by atoms with Crippen molar-refractivity contribution in [3.8, 4) is 0 Å². The molecule has 106 valence electrons. The zero-order chi connectivity index (χ0) is 13.1. The summed E-state index contributed by atoms with van der Waals surface area (Å²) in [6.07, 6.45) is 1.17. The molecule has 0 aliphatic carbocycles. The van der Waals surface area contributed by atoms with E-state index in [0.717, 1.165) is 0 Å². The van der Waals surface area contributed by atoms with Crippen molar-refractivity contribution in [3.63, 3.8) is 0 Å². The maximum absolute atomic E-state index is 11.3. The quantitative estimate of drug-likeness (QED) is 0.465. The van der Waals surface area contributed by atoms with Crippen LogP contribution in [0.4, 0.5) is 0 Å². The van der Waals surface area contributed by atoms with E-state index in [9.17, 15) is 19.8 Å². The summed E-state index contributed by atoms with van der Waals surface area (Å²) < 4.78 is 0. The summed E-state index contributed by atoms with van der Waals surface area (Å²) in [6.45, 7) is 2.61. The molecular formula is C12H22N2Na2O4. The van der Waals surface area contributed by atoms with Crippen molar-refractivity contribution >= 4 is 71.1 Å². The van der Waals surface area contributed by atoms with Crippen LogP contribution >= 0.6 is 0 Å². The maximum atomic E-state index is 11.3. The first-order chi connectivity index (χ1) is 8.61. The second kappa shape index (κ2) is 9.79. The van der Waals surface area contributed by atoms with Crippen LogP contribution in [0.15, 0.2) is 0 Å². The fraction of sp³-hybridized carbons (Fsp3) is 0.833. The Balaban J connectivity index is 0.00000180. The number of hydrogen-bond acceptors (Lipinski definition) is 4. The van der Waals surface area contributed by atoms with Gasteiger partial charge in [0.1, 0.15) is 0 Å². The summed E-state index contributed by atoms with van der Waals surface area (Å²) >= 11 is 0. The fourth-order valence-electron chi connectivity index (χ4n) is 3.28. The van der Waals surface area contributed by atoms with Gasteiger partial charge < -0.3 is 20.8 Å². The summed E-state index contributed by atoms with van der Waals surface area (Å²) in [5.74, 6) is -2.61. The number of carboxylic acid groups (broad SMARTS) is 2. The Morgan fingerprint density at radius 1 is 0.800 bits per heavy atom. The van der Waals surface area contributed by atoms with Gasteiger partial charge in [-0.2, -0.15) is 0 Å². The topological polar surface area (TPSA) is 98.7 Å². The summed E-state index contributed by atoms with van der Waals surface area (Å²) in [5.41, 5.74) is 0. The zero-order valence-electron chi connectivity index (χ0n) is 10.3. The Hall–Kier alpha value is 0.860. The van der Waals surface area contributed by atoms with Gasteiger partial charge in [0.05, 0.1) is 11.8 Å². The first-order valence-corrected chi connectivity index (χ1v) is 6.48. The molecule has 0 radical (unpaired) electrons. The van der Waals surface area contributed by atoms with Gasteiger partial charge in [-0.15, -0.1) is 0 Å². The van der Waals surface area contributed by atoms with Crippen molar-refractivity contribution in [2.24, 2.45) is 23.7 Å². The number of hydrogen-bond donors (Lipinski definition) is 4. The minimum absolute atomic E-state index is 0. The third-order valence-electron chi connectivity index (χ3n) is 4.24. The van der Waals surface area contributed by atoms with Crippen molar-refractivity contribution < 1.29 is 19.8 Å². The Morgan fingerprint density at radius 3 is 1.45 bits per heavy atom. The number of nitrogens with one attached hydrogen (secondary N) is 2. The molecule has 2 fully saturated rings. The third kappa shape index (κ3) is 4.95. The van der Waals surface area contributed by atoms with Crippen LogP contribution in [0.2, 0.25) is 0 Å². The predicted molar refractivity (Wildman–Crippen MR) is 78.5 cm³/mol. The van der Waals surface area contributed by atoms with Crippen molar-refractivity contribution in [3.05, 3.63) is 0 Å². The number of carboxylic acids is 2. The molecule has 0 spiro atoms. The number of carbonyl (C=O) groups is 2. The van der Waals surface area contributed by atoms with E-state index in [1.807, 2.05) is 0 Å². The van der Waals surface area contributed by atoms with Crippen molar-refractivity contribution in [2.75, 3.05) is 26.2 Å². The van der Waals surface area contributed by atoms with E-state index in [1.165, 1.54) is 0 Å². The van der Waals surface area contributed by atoms with Gasteiger partial charge in [-0.25, -0.2) is 0 Å². The van der Waals surface area contributed by atoms with Crippen LogP contribution in [0.25, 0.3) is 0 Å². The summed E-state index contributed by atoms with van der Waals surface area (Å²) in [6, 6.07) is 0. The van der Waals surface area contributed by atoms with Gasteiger partial charge >= 0.3 is 71.1 Å². The molecule has 2 rings (SSSR count). The molecule has 2 aliphatic rings. The molecule has 0 amide bonds. The van der Waals surface area contributed by atoms with Gasteiger partial charge in [-0.05, 0) is 50.9 Å². The Bertz CT molecular complexity index is 311. The van der Waals surface area contributed by atoms with Crippen LogP contribution in [0.1, 0.15) is 12.8 Å². The Morgan fingerprint density at radius 2 is 1.15 bits per heavy atom. The molecular weight excluding hydrogens is 282 g/mol. The second-order valence-corrected chi connectivity index (χ2v) is 5.20. The molecule has 0 aromatic heterocycles. The standard InChI is InChI=1S/C12H20N2O4.2Na.2H/c15-11(16)7-1-3-13-5-9(7)10-6-14-4-2-8(10)12(17)18;;;;/h7-10,13-14H,1-6H2,(H,15,16)(H,17,18);;;;. The third-order valence-corrected chi connectivity index (χ3v) is 4.24. The van der Waals surface area contributed by atoms with E-state index in [4.69, 9.17) is 0 Å². The second-order valence-electron chi connectivity index (χ2n) is 5.20. The molecule has 6 nitrogen and oxygen atoms in total. The van der Waals surface area contributed by atoms with Crippen molar-refractivity contribution in [1.82, 2.24) is 10.6 Å². The summed E-state index contributed by atoms with van der Waals surface area (Å²) in [4.78, 5) is 22.6. The van der Waals surface area contributed by atoms with Crippen LogP contribution < -0.4 is 10.6 Å². The minimum atomic E-state index is -0.795. The van der Waals surface area contributed by atoms with Crippen LogP contribution in [0, 0.1) is 23.7 Å². The molecule has 0 saturated carbocycles. The first-order valence-electron chi connectivity index (χ1n) is 6.48. The Kier molecular flexibility index (Phi) is 10.2. The molecule has 2 heterocycles. The van der Waals surface area contributed by atoms with Crippen LogP contribution in [-0.2, 0) is 9.59 Å². The summed E-state index contributed by atoms with van der Waals surface area (Å²) in [5, 5.41) is 24.9.